The minimum absolute atomic E-state index is 0.0504. The van der Waals surface area contributed by atoms with Gasteiger partial charge in [-0.25, -0.2) is 8.42 Å². The minimum atomic E-state index is -3.73. The van der Waals surface area contributed by atoms with Crippen molar-refractivity contribution in [3.63, 3.8) is 0 Å². The van der Waals surface area contributed by atoms with Crippen LogP contribution in [0.3, 0.4) is 0 Å². The van der Waals surface area contributed by atoms with Crippen LogP contribution >= 0.6 is 0 Å². The van der Waals surface area contributed by atoms with Gasteiger partial charge in [0.1, 0.15) is 11.0 Å². The van der Waals surface area contributed by atoms with Gasteiger partial charge >= 0.3 is 0 Å². The first-order chi connectivity index (χ1) is 10.8. The summed E-state index contributed by atoms with van der Waals surface area (Å²) in [7, 11) is -3.73. The number of benzene rings is 1. The van der Waals surface area contributed by atoms with Crippen LogP contribution in [0, 0.1) is 6.92 Å². The largest absolute Gasteiger partial charge is 0.340 e. The average Bonchev–Trinajstić information content (AvgIpc) is 2.91. The van der Waals surface area contributed by atoms with Crippen LogP contribution in [-0.2, 0) is 26.8 Å². The summed E-state index contributed by atoms with van der Waals surface area (Å²) in [6, 6.07) is 7.27. The molecule has 124 valence electrons. The molecule has 1 N–H and O–H groups in total. The number of hydrogen-bond acceptors (Lipinski definition) is 6. The van der Waals surface area contributed by atoms with Crippen molar-refractivity contribution >= 4 is 21.4 Å². The van der Waals surface area contributed by atoms with E-state index in [2.05, 4.69) is 15.5 Å². The van der Waals surface area contributed by atoms with Crippen molar-refractivity contribution in [2.75, 3.05) is 5.32 Å². The highest BCUT2D eigenvalue weighted by Gasteiger charge is 2.29. The molecule has 0 aliphatic rings. The zero-order valence-corrected chi connectivity index (χ0v) is 14.1. The number of sulfone groups is 1. The molecule has 7 nitrogen and oxygen atoms in total. The SMILES string of the molecule is CCc1ccc(NC(=O)[C@@H](C)S(=O)(=O)Cc2noc(C)n2)cc1. The number of carbonyl (C=O) groups excluding carboxylic acids is 1. The number of hydrogen-bond donors (Lipinski definition) is 1. The molecule has 1 amide bonds. The van der Waals surface area contributed by atoms with Gasteiger partial charge in [-0.3, -0.25) is 4.79 Å². The summed E-state index contributed by atoms with van der Waals surface area (Å²) in [4.78, 5) is 16.0. The Bertz CT molecular complexity index is 781. The summed E-state index contributed by atoms with van der Waals surface area (Å²) in [6.45, 7) is 4.94. The first-order valence-corrected chi connectivity index (χ1v) is 8.94. The fraction of sp³-hybridized carbons (Fsp3) is 0.400. The van der Waals surface area contributed by atoms with Crippen LogP contribution in [0.2, 0.25) is 0 Å². The van der Waals surface area contributed by atoms with Gasteiger partial charge < -0.3 is 9.84 Å². The summed E-state index contributed by atoms with van der Waals surface area (Å²) < 4.78 is 29.3. The average molecular weight is 337 g/mol. The third kappa shape index (κ3) is 4.38. The number of aryl methyl sites for hydroxylation is 2. The standard InChI is InChI=1S/C15H19N3O4S/c1-4-12-5-7-13(8-6-12)17-15(19)10(2)23(20,21)9-14-16-11(3)22-18-14/h5-8,10H,4,9H2,1-3H3,(H,17,19)/t10-/m1/s1. The Balaban J connectivity index is 2.05. The monoisotopic (exact) mass is 337 g/mol. The highest BCUT2D eigenvalue weighted by molar-refractivity contribution is 7.92. The number of aromatic nitrogens is 2. The van der Waals surface area contributed by atoms with Crippen LogP contribution < -0.4 is 5.32 Å². The lowest BCUT2D eigenvalue weighted by atomic mass is 10.1. The van der Waals surface area contributed by atoms with Gasteiger partial charge in [0.2, 0.25) is 11.8 Å². The van der Waals surface area contributed by atoms with Crippen molar-refractivity contribution in [2.24, 2.45) is 0 Å². The molecule has 2 aromatic rings. The van der Waals surface area contributed by atoms with Crippen LogP contribution in [0.5, 0.6) is 0 Å². The Kier molecular flexibility index (Phi) is 5.15. The topological polar surface area (TPSA) is 102 Å². The van der Waals surface area contributed by atoms with Gasteiger partial charge in [-0.2, -0.15) is 4.98 Å². The van der Waals surface area contributed by atoms with Gasteiger partial charge in [0.25, 0.3) is 0 Å². The molecule has 0 spiro atoms. The van der Waals surface area contributed by atoms with E-state index in [-0.39, 0.29) is 11.7 Å². The number of nitrogens with zero attached hydrogens (tertiary/aromatic N) is 2. The molecule has 1 aromatic heterocycles. The lowest BCUT2D eigenvalue weighted by Gasteiger charge is -2.12. The normalized spacial score (nSPS) is 12.8. The molecular formula is C15H19N3O4S. The van der Waals surface area contributed by atoms with Gasteiger partial charge in [0.15, 0.2) is 15.7 Å². The molecule has 23 heavy (non-hydrogen) atoms. The molecule has 1 atom stereocenters. The summed E-state index contributed by atoms with van der Waals surface area (Å²) in [5.41, 5.74) is 1.70. The van der Waals surface area contributed by atoms with Crippen LogP contribution in [0.4, 0.5) is 5.69 Å². The fourth-order valence-electron chi connectivity index (χ4n) is 1.94. The van der Waals surface area contributed by atoms with E-state index in [1.807, 2.05) is 19.1 Å². The number of anilines is 1. The Labute approximate surface area is 135 Å². The van der Waals surface area contributed by atoms with Crippen molar-refractivity contribution in [3.8, 4) is 0 Å². The zero-order chi connectivity index (χ0) is 17.0. The third-order valence-electron chi connectivity index (χ3n) is 3.44. The summed E-state index contributed by atoms with van der Waals surface area (Å²) in [6.07, 6.45) is 0.892. The minimum Gasteiger partial charge on any atom is -0.340 e. The molecule has 0 saturated heterocycles. The van der Waals surface area contributed by atoms with E-state index in [1.54, 1.807) is 19.1 Å². The molecule has 0 aliphatic heterocycles. The zero-order valence-electron chi connectivity index (χ0n) is 13.2. The Morgan fingerprint density at radius 1 is 1.30 bits per heavy atom. The second-order valence-electron chi connectivity index (χ2n) is 5.22. The molecule has 0 aliphatic carbocycles. The molecule has 2 rings (SSSR count). The van der Waals surface area contributed by atoms with E-state index >= 15 is 0 Å². The fourth-order valence-corrected chi connectivity index (χ4v) is 3.05. The van der Waals surface area contributed by atoms with E-state index in [0.717, 1.165) is 12.0 Å². The lowest BCUT2D eigenvalue weighted by Crippen LogP contribution is -2.33. The number of amides is 1. The van der Waals surface area contributed by atoms with Crippen molar-refractivity contribution in [1.82, 2.24) is 10.1 Å². The highest BCUT2D eigenvalue weighted by Crippen LogP contribution is 2.14. The molecule has 0 saturated carbocycles. The van der Waals surface area contributed by atoms with Crippen molar-refractivity contribution in [3.05, 3.63) is 41.5 Å². The number of carbonyl (C=O) groups is 1. The van der Waals surface area contributed by atoms with Crippen LogP contribution in [0.1, 0.15) is 31.1 Å². The van der Waals surface area contributed by atoms with Crippen molar-refractivity contribution in [2.45, 2.75) is 38.2 Å². The molecule has 0 bridgehead atoms. The summed E-state index contributed by atoms with van der Waals surface area (Å²) >= 11 is 0. The predicted molar refractivity (Wildman–Crippen MR) is 85.6 cm³/mol. The van der Waals surface area contributed by atoms with Crippen LogP contribution in [0.25, 0.3) is 0 Å². The molecular weight excluding hydrogens is 318 g/mol. The van der Waals surface area contributed by atoms with Gasteiger partial charge in [-0.15, -0.1) is 0 Å². The van der Waals surface area contributed by atoms with Gasteiger partial charge in [0, 0.05) is 12.6 Å². The Morgan fingerprint density at radius 3 is 2.48 bits per heavy atom. The van der Waals surface area contributed by atoms with E-state index in [1.165, 1.54) is 6.92 Å². The second kappa shape index (κ2) is 6.91. The number of nitrogens with one attached hydrogen (secondary N) is 1. The van der Waals surface area contributed by atoms with Crippen molar-refractivity contribution < 1.29 is 17.7 Å². The summed E-state index contributed by atoms with van der Waals surface area (Å²) in [5.74, 6) is -0.694. The predicted octanol–water partition coefficient (Wildman–Crippen LogP) is 1.88. The van der Waals surface area contributed by atoms with E-state index < -0.39 is 26.7 Å². The summed E-state index contributed by atoms with van der Waals surface area (Å²) in [5, 5.41) is 4.94. The van der Waals surface area contributed by atoms with E-state index in [9.17, 15) is 13.2 Å². The molecule has 1 heterocycles. The van der Waals surface area contributed by atoms with Crippen molar-refractivity contribution in [1.29, 1.82) is 0 Å². The maximum atomic E-state index is 12.3. The Hall–Kier alpha value is -2.22. The number of rotatable bonds is 6. The lowest BCUT2D eigenvalue weighted by molar-refractivity contribution is -0.115. The van der Waals surface area contributed by atoms with Crippen LogP contribution in [0.15, 0.2) is 28.8 Å². The quantitative estimate of drug-likeness (QED) is 0.863. The molecule has 1 aromatic carbocycles. The molecule has 0 fully saturated rings. The van der Waals surface area contributed by atoms with Gasteiger partial charge in [0.05, 0.1) is 0 Å². The van der Waals surface area contributed by atoms with E-state index in [4.69, 9.17) is 4.52 Å². The van der Waals surface area contributed by atoms with Gasteiger partial charge in [-0.1, -0.05) is 24.2 Å². The molecule has 0 unspecified atom stereocenters. The highest BCUT2D eigenvalue weighted by atomic mass is 32.2. The molecule has 8 heteroatoms. The van der Waals surface area contributed by atoms with Crippen LogP contribution in [-0.4, -0.2) is 29.7 Å². The Morgan fingerprint density at radius 2 is 1.96 bits per heavy atom. The van der Waals surface area contributed by atoms with E-state index in [0.29, 0.717) is 5.69 Å². The first kappa shape index (κ1) is 17.1. The first-order valence-electron chi connectivity index (χ1n) is 7.22. The second-order valence-corrected chi connectivity index (χ2v) is 7.54. The van der Waals surface area contributed by atoms with Gasteiger partial charge in [-0.05, 0) is 31.0 Å². The smallest absolute Gasteiger partial charge is 0.242 e. The maximum Gasteiger partial charge on any atom is 0.242 e. The molecule has 0 radical (unpaired) electrons. The third-order valence-corrected chi connectivity index (χ3v) is 5.39. The maximum absolute atomic E-state index is 12.3.